The number of carbonyl (C=O) groups excluding carboxylic acids is 1. The molecule has 1 aromatic carbocycles. The fourth-order valence-corrected chi connectivity index (χ4v) is 1.84. The predicted molar refractivity (Wildman–Crippen MR) is 72.3 cm³/mol. The van der Waals surface area contributed by atoms with Crippen molar-refractivity contribution in [2.24, 2.45) is 0 Å². The van der Waals surface area contributed by atoms with Gasteiger partial charge in [0.05, 0.1) is 4.92 Å². The number of halogens is 1. The second kappa shape index (κ2) is 6.12. The minimum atomic E-state index is -0.610. The Labute approximate surface area is 119 Å². The van der Waals surface area contributed by atoms with Crippen LogP contribution in [-0.2, 0) is 6.54 Å². The summed E-state index contributed by atoms with van der Waals surface area (Å²) in [6.07, 6.45) is 3.47. The molecule has 0 fully saturated rings. The first-order valence-electron chi connectivity index (χ1n) is 5.75. The van der Waals surface area contributed by atoms with Gasteiger partial charge in [0, 0.05) is 29.3 Å². The number of benzene rings is 1. The summed E-state index contributed by atoms with van der Waals surface area (Å²) in [5, 5.41) is 13.8. The number of nitrogens with zero attached hydrogens (tertiary/aromatic N) is 1. The van der Waals surface area contributed by atoms with E-state index in [0.29, 0.717) is 0 Å². The highest BCUT2D eigenvalue weighted by Gasteiger charge is 2.20. The molecule has 0 atom stereocenters. The number of nitrogens with one attached hydrogen (secondary N) is 2. The lowest BCUT2D eigenvalue weighted by Gasteiger charge is -2.05. The van der Waals surface area contributed by atoms with E-state index < -0.39 is 10.8 Å². The summed E-state index contributed by atoms with van der Waals surface area (Å²) in [6, 6.07) is 7.49. The van der Waals surface area contributed by atoms with E-state index in [9.17, 15) is 14.9 Å². The molecule has 0 unspecified atom stereocenters. The van der Waals surface area contributed by atoms with Gasteiger partial charge in [-0.2, -0.15) is 0 Å². The van der Waals surface area contributed by atoms with Crippen LogP contribution in [0, 0.1) is 10.1 Å². The van der Waals surface area contributed by atoms with Crippen LogP contribution in [0.25, 0.3) is 0 Å². The standard InChI is InChI=1S/C13H10ClN3O3/c14-10-3-4-12(17(19)20)11(6-10)13(18)16-8-9-2-1-5-15-7-9/h1-7H,8H2,(H,16,18)/p+1. The molecule has 0 radical (unpaired) electrons. The van der Waals surface area contributed by atoms with Crippen molar-refractivity contribution in [3.05, 3.63) is 69.0 Å². The van der Waals surface area contributed by atoms with E-state index in [4.69, 9.17) is 11.6 Å². The molecule has 0 saturated heterocycles. The lowest BCUT2D eigenvalue weighted by Crippen LogP contribution is -2.24. The predicted octanol–water partition coefficient (Wildman–Crippen LogP) is 1.99. The summed E-state index contributed by atoms with van der Waals surface area (Å²) < 4.78 is 0. The largest absolute Gasteiger partial charge is 0.348 e. The highest BCUT2D eigenvalue weighted by molar-refractivity contribution is 6.31. The number of amides is 1. The second-order valence-electron chi connectivity index (χ2n) is 4.01. The van der Waals surface area contributed by atoms with Gasteiger partial charge in [0.1, 0.15) is 5.56 Å². The molecule has 0 spiro atoms. The van der Waals surface area contributed by atoms with Crippen LogP contribution in [0.1, 0.15) is 15.9 Å². The van der Waals surface area contributed by atoms with Crippen molar-refractivity contribution in [2.75, 3.05) is 0 Å². The monoisotopic (exact) mass is 292 g/mol. The zero-order valence-electron chi connectivity index (χ0n) is 10.3. The van der Waals surface area contributed by atoms with Crippen LogP contribution in [-0.4, -0.2) is 10.8 Å². The molecule has 7 heteroatoms. The van der Waals surface area contributed by atoms with Crippen LogP contribution in [0.3, 0.4) is 0 Å². The van der Waals surface area contributed by atoms with Crippen molar-refractivity contribution in [3.63, 3.8) is 0 Å². The zero-order chi connectivity index (χ0) is 14.5. The second-order valence-corrected chi connectivity index (χ2v) is 4.45. The molecule has 1 heterocycles. The number of aromatic amines is 1. The summed E-state index contributed by atoms with van der Waals surface area (Å²) >= 11 is 5.78. The molecule has 0 aliphatic carbocycles. The van der Waals surface area contributed by atoms with Crippen LogP contribution in [0.5, 0.6) is 0 Å². The van der Waals surface area contributed by atoms with Crippen molar-refractivity contribution in [3.8, 4) is 0 Å². The molecule has 0 bridgehead atoms. The zero-order valence-corrected chi connectivity index (χ0v) is 11.1. The Morgan fingerprint density at radius 2 is 2.20 bits per heavy atom. The van der Waals surface area contributed by atoms with Gasteiger partial charge in [0.2, 0.25) is 0 Å². The molecule has 1 amide bonds. The molecule has 0 aliphatic rings. The smallest absolute Gasteiger partial charge is 0.282 e. The minimum absolute atomic E-state index is 0.0533. The summed E-state index contributed by atoms with van der Waals surface area (Å²) in [5.41, 5.74) is 0.527. The Bertz CT molecular complexity index is 647. The summed E-state index contributed by atoms with van der Waals surface area (Å²) in [5.74, 6) is -0.539. The first kappa shape index (κ1) is 14.0. The maximum atomic E-state index is 12.0. The first-order chi connectivity index (χ1) is 9.58. The number of nitro benzene ring substituents is 1. The molecular formula is C13H11ClN3O3+. The number of pyridine rings is 1. The number of aromatic nitrogens is 1. The van der Waals surface area contributed by atoms with E-state index in [-0.39, 0.29) is 22.8 Å². The molecule has 0 aliphatic heterocycles. The summed E-state index contributed by atoms with van der Waals surface area (Å²) in [4.78, 5) is 25.2. The molecule has 0 saturated carbocycles. The molecule has 2 N–H and O–H groups in total. The molecule has 102 valence electrons. The SMILES string of the molecule is O=C(NCc1ccc[nH+]c1)c1cc(Cl)ccc1[N+](=O)[O-]. The Kier molecular flexibility index (Phi) is 4.27. The average Bonchev–Trinajstić information content (AvgIpc) is 2.45. The third-order valence-corrected chi connectivity index (χ3v) is 2.86. The van der Waals surface area contributed by atoms with Crippen molar-refractivity contribution < 1.29 is 14.7 Å². The topological polar surface area (TPSA) is 86.4 Å². The van der Waals surface area contributed by atoms with Crippen LogP contribution >= 0.6 is 11.6 Å². The molecule has 2 aromatic rings. The summed E-state index contributed by atoms with van der Waals surface area (Å²) in [6.45, 7) is 0.264. The van der Waals surface area contributed by atoms with Gasteiger partial charge >= 0.3 is 0 Å². The van der Waals surface area contributed by atoms with Crippen molar-refractivity contribution in [1.29, 1.82) is 0 Å². The van der Waals surface area contributed by atoms with Crippen molar-refractivity contribution >= 4 is 23.2 Å². The van der Waals surface area contributed by atoms with E-state index in [0.717, 1.165) is 5.56 Å². The Balaban J connectivity index is 2.17. The fraction of sp³-hybridized carbons (Fsp3) is 0.0769. The van der Waals surface area contributed by atoms with Gasteiger partial charge in [-0.3, -0.25) is 14.9 Å². The third kappa shape index (κ3) is 3.30. The van der Waals surface area contributed by atoms with E-state index in [1.165, 1.54) is 18.2 Å². The Hall–Kier alpha value is -2.47. The van der Waals surface area contributed by atoms with Crippen LogP contribution in [0.15, 0.2) is 42.7 Å². The first-order valence-corrected chi connectivity index (χ1v) is 6.13. The lowest BCUT2D eigenvalue weighted by molar-refractivity contribution is -0.385. The maximum absolute atomic E-state index is 12.0. The van der Waals surface area contributed by atoms with Gasteiger partial charge in [-0.25, -0.2) is 4.98 Å². The summed E-state index contributed by atoms with van der Waals surface area (Å²) in [7, 11) is 0. The number of nitro groups is 1. The van der Waals surface area contributed by atoms with Crippen molar-refractivity contribution in [1.82, 2.24) is 5.32 Å². The number of H-pyrrole nitrogens is 1. The minimum Gasteiger partial charge on any atom is -0.348 e. The van der Waals surface area contributed by atoms with Gasteiger partial charge in [0.15, 0.2) is 12.4 Å². The highest BCUT2D eigenvalue weighted by atomic mass is 35.5. The number of hydrogen-bond acceptors (Lipinski definition) is 3. The Morgan fingerprint density at radius 1 is 1.40 bits per heavy atom. The lowest BCUT2D eigenvalue weighted by atomic mass is 10.1. The van der Waals surface area contributed by atoms with Crippen LogP contribution in [0.2, 0.25) is 5.02 Å². The van der Waals surface area contributed by atoms with Gasteiger partial charge in [-0.15, -0.1) is 0 Å². The quantitative estimate of drug-likeness (QED) is 0.690. The van der Waals surface area contributed by atoms with Gasteiger partial charge in [-0.05, 0) is 18.2 Å². The van der Waals surface area contributed by atoms with E-state index in [1.807, 2.05) is 6.07 Å². The number of hydrogen-bond donors (Lipinski definition) is 1. The van der Waals surface area contributed by atoms with E-state index >= 15 is 0 Å². The van der Waals surface area contributed by atoms with Crippen LogP contribution < -0.4 is 10.3 Å². The van der Waals surface area contributed by atoms with Gasteiger partial charge < -0.3 is 5.32 Å². The normalized spacial score (nSPS) is 10.1. The van der Waals surface area contributed by atoms with Gasteiger partial charge in [0.25, 0.3) is 11.6 Å². The molecule has 20 heavy (non-hydrogen) atoms. The highest BCUT2D eigenvalue weighted by Crippen LogP contribution is 2.22. The van der Waals surface area contributed by atoms with Gasteiger partial charge in [-0.1, -0.05) is 11.6 Å². The third-order valence-electron chi connectivity index (χ3n) is 2.62. The Morgan fingerprint density at radius 3 is 2.85 bits per heavy atom. The number of carbonyl (C=O) groups is 1. The fourth-order valence-electron chi connectivity index (χ4n) is 1.67. The molecule has 1 aromatic heterocycles. The maximum Gasteiger partial charge on any atom is 0.282 e. The van der Waals surface area contributed by atoms with E-state index in [1.54, 1.807) is 18.5 Å². The molecule has 6 nitrogen and oxygen atoms in total. The average molecular weight is 293 g/mol. The molecular weight excluding hydrogens is 282 g/mol. The molecule has 2 rings (SSSR count). The van der Waals surface area contributed by atoms with E-state index in [2.05, 4.69) is 10.3 Å². The number of rotatable bonds is 4. The van der Waals surface area contributed by atoms with Crippen molar-refractivity contribution in [2.45, 2.75) is 6.54 Å². The van der Waals surface area contributed by atoms with Crippen LogP contribution in [0.4, 0.5) is 5.69 Å².